The summed E-state index contributed by atoms with van der Waals surface area (Å²) in [7, 11) is 0. The fourth-order valence-electron chi connectivity index (χ4n) is 4.14. The zero-order valence-electron chi connectivity index (χ0n) is 17.0. The number of nitrogens with zero attached hydrogens (tertiary/aromatic N) is 2. The summed E-state index contributed by atoms with van der Waals surface area (Å²) in [6, 6.07) is 12.1. The van der Waals surface area contributed by atoms with Gasteiger partial charge in [-0.05, 0) is 55.8 Å². The Bertz CT molecular complexity index is 1090. The van der Waals surface area contributed by atoms with Gasteiger partial charge in [0, 0.05) is 37.1 Å². The third-order valence-corrected chi connectivity index (χ3v) is 5.66. The van der Waals surface area contributed by atoms with Crippen molar-refractivity contribution >= 4 is 16.8 Å². The molecular weight excluding hydrogens is 366 g/mol. The molecule has 1 saturated heterocycles. The van der Waals surface area contributed by atoms with Crippen LogP contribution in [0.15, 0.2) is 47.4 Å². The van der Waals surface area contributed by atoms with E-state index in [1.54, 1.807) is 4.57 Å². The van der Waals surface area contributed by atoms with E-state index in [2.05, 4.69) is 28.1 Å². The number of carbonyl (C=O) groups is 1. The normalized spacial score (nSPS) is 16.4. The Hall–Kier alpha value is -2.86. The molecule has 4 rings (SSSR count). The van der Waals surface area contributed by atoms with Crippen molar-refractivity contribution in [3.63, 3.8) is 0 Å². The van der Waals surface area contributed by atoms with Gasteiger partial charge in [0.15, 0.2) is 0 Å². The van der Waals surface area contributed by atoms with Gasteiger partial charge in [0.25, 0.3) is 11.5 Å². The maximum atomic E-state index is 13.0. The molecule has 1 amide bonds. The molecule has 0 bridgehead atoms. The zero-order chi connectivity index (χ0) is 20.4. The molecule has 0 saturated carbocycles. The highest BCUT2D eigenvalue weighted by atomic mass is 16.5. The van der Waals surface area contributed by atoms with Crippen LogP contribution in [0.25, 0.3) is 10.9 Å². The van der Waals surface area contributed by atoms with Crippen LogP contribution in [0.3, 0.4) is 0 Å². The van der Waals surface area contributed by atoms with Crippen molar-refractivity contribution in [3.8, 4) is 0 Å². The summed E-state index contributed by atoms with van der Waals surface area (Å²) >= 11 is 0. The van der Waals surface area contributed by atoms with Crippen molar-refractivity contribution in [2.45, 2.75) is 45.9 Å². The van der Waals surface area contributed by atoms with Crippen LogP contribution in [0.4, 0.5) is 0 Å². The molecule has 6 nitrogen and oxygen atoms in total. The molecule has 2 aromatic heterocycles. The fraction of sp³-hybridized carbons (Fsp3) is 0.391. The first kappa shape index (κ1) is 19.5. The molecule has 0 unspecified atom stereocenters. The minimum absolute atomic E-state index is 0.0482. The lowest BCUT2D eigenvalue weighted by atomic mass is 10.1. The highest BCUT2D eigenvalue weighted by Crippen LogP contribution is 2.16. The van der Waals surface area contributed by atoms with Crippen molar-refractivity contribution in [1.29, 1.82) is 0 Å². The first-order chi connectivity index (χ1) is 14.0. The van der Waals surface area contributed by atoms with Gasteiger partial charge in [-0.15, -0.1) is 0 Å². The van der Waals surface area contributed by atoms with Gasteiger partial charge in [-0.1, -0.05) is 18.2 Å². The number of ether oxygens (including phenoxy) is 1. The number of carbonyl (C=O) groups excluding carboxylic acids is 1. The summed E-state index contributed by atoms with van der Waals surface area (Å²) in [5, 5.41) is 4.09. The van der Waals surface area contributed by atoms with E-state index >= 15 is 0 Å². The van der Waals surface area contributed by atoms with Gasteiger partial charge in [0.05, 0.1) is 12.6 Å². The summed E-state index contributed by atoms with van der Waals surface area (Å²) in [4.78, 5) is 25.9. The van der Waals surface area contributed by atoms with E-state index in [-0.39, 0.29) is 23.1 Å². The van der Waals surface area contributed by atoms with E-state index in [1.165, 1.54) is 5.39 Å². The van der Waals surface area contributed by atoms with Crippen LogP contribution in [0.2, 0.25) is 0 Å². The second-order valence-corrected chi connectivity index (χ2v) is 7.72. The molecule has 1 aliphatic heterocycles. The van der Waals surface area contributed by atoms with Crippen molar-refractivity contribution in [2.24, 2.45) is 0 Å². The van der Waals surface area contributed by atoms with Gasteiger partial charge in [-0.2, -0.15) is 0 Å². The number of nitrogens with one attached hydrogen (secondary N) is 1. The van der Waals surface area contributed by atoms with Crippen molar-refractivity contribution < 1.29 is 9.53 Å². The first-order valence-corrected chi connectivity index (χ1v) is 10.2. The third kappa shape index (κ3) is 3.98. The van der Waals surface area contributed by atoms with E-state index in [4.69, 9.17) is 4.74 Å². The summed E-state index contributed by atoms with van der Waals surface area (Å²) in [6.45, 7) is 6.07. The van der Waals surface area contributed by atoms with Crippen LogP contribution in [-0.2, 0) is 17.8 Å². The number of aryl methyl sites for hydroxylation is 2. The molecule has 1 aromatic carbocycles. The molecule has 0 aliphatic carbocycles. The number of rotatable bonds is 6. The summed E-state index contributed by atoms with van der Waals surface area (Å²) in [6.07, 6.45) is 4.03. The molecule has 3 heterocycles. The largest absolute Gasteiger partial charge is 0.376 e. The average Bonchev–Trinajstić information content (AvgIpc) is 3.35. The maximum absolute atomic E-state index is 13.0. The Morgan fingerprint density at radius 2 is 2.07 bits per heavy atom. The van der Waals surface area contributed by atoms with Gasteiger partial charge >= 0.3 is 0 Å². The third-order valence-electron chi connectivity index (χ3n) is 5.66. The first-order valence-electron chi connectivity index (χ1n) is 10.2. The maximum Gasteiger partial charge on any atom is 0.263 e. The number of hydrogen-bond acceptors (Lipinski definition) is 3. The fourth-order valence-corrected chi connectivity index (χ4v) is 4.14. The number of pyridine rings is 1. The Morgan fingerprint density at radius 3 is 2.86 bits per heavy atom. The van der Waals surface area contributed by atoms with Gasteiger partial charge in [-0.25, -0.2) is 0 Å². The quantitative estimate of drug-likeness (QED) is 0.700. The average molecular weight is 393 g/mol. The van der Waals surface area contributed by atoms with Crippen molar-refractivity contribution in [3.05, 3.63) is 69.8 Å². The Morgan fingerprint density at radius 1 is 1.24 bits per heavy atom. The monoisotopic (exact) mass is 393 g/mol. The molecule has 1 N–H and O–H groups in total. The summed E-state index contributed by atoms with van der Waals surface area (Å²) < 4.78 is 9.46. The Balaban J connectivity index is 1.48. The highest BCUT2D eigenvalue weighted by molar-refractivity contribution is 5.95. The number of amides is 1. The molecule has 152 valence electrons. The highest BCUT2D eigenvalue weighted by Gasteiger charge is 2.21. The SMILES string of the molecule is Cc1cc(C)n(C[C@@H]2CCCO2)c(=O)c1C(=O)NCCn1ccc2ccccc21. The van der Waals surface area contributed by atoms with Gasteiger partial charge in [-0.3, -0.25) is 9.59 Å². The molecule has 1 fully saturated rings. The topological polar surface area (TPSA) is 65.3 Å². The molecule has 6 heteroatoms. The van der Waals surface area contributed by atoms with Gasteiger partial charge < -0.3 is 19.2 Å². The lowest BCUT2D eigenvalue weighted by Crippen LogP contribution is -2.37. The van der Waals surface area contributed by atoms with Crippen LogP contribution in [-0.4, -0.2) is 34.3 Å². The van der Waals surface area contributed by atoms with Crippen molar-refractivity contribution in [2.75, 3.05) is 13.2 Å². The summed E-state index contributed by atoms with van der Waals surface area (Å²) in [5.74, 6) is -0.315. The molecule has 1 atom stereocenters. The second kappa shape index (κ2) is 8.25. The molecule has 0 radical (unpaired) electrons. The number of fused-ring (bicyclic) bond motifs is 1. The summed E-state index contributed by atoms with van der Waals surface area (Å²) in [5.41, 5.74) is 2.69. The van der Waals surface area contributed by atoms with E-state index < -0.39 is 0 Å². The lowest BCUT2D eigenvalue weighted by molar-refractivity contribution is 0.0926. The molecule has 0 spiro atoms. The molecule has 3 aromatic rings. The van der Waals surface area contributed by atoms with Crippen LogP contribution in [0.5, 0.6) is 0 Å². The predicted octanol–water partition coefficient (Wildman–Crippen LogP) is 3.03. The van der Waals surface area contributed by atoms with E-state index in [9.17, 15) is 9.59 Å². The zero-order valence-corrected chi connectivity index (χ0v) is 17.0. The second-order valence-electron chi connectivity index (χ2n) is 7.72. The number of benzene rings is 1. The van der Waals surface area contributed by atoms with E-state index in [0.29, 0.717) is 25.2 Å². The van der Waals surface area contributed by atoms with Crippen LogP contribution in [0.1, 0.15) is 34.5 Å². The standard InChI is InChI=1S/C23H27N3O3/c1-16-14-17(2)26(15-19-7-5-13-29-19)23(28)21(16)22(27)24-10-12-25-11-9-18-6-3-4-8-20(18)25/h3-4,6,8-9,11,14,19H,5,7,10,12-13,15H2,1-2H3,(H,24,27)/t19-/m0/s1. The van der Waals surface area contributed by atoms with Crippen LogP contribution < -0.4 is 10.9 Å². The molecule has 1 aliphatic rings. The minimum Gasteiger partial charge on any atom is -0.376 e. The van der Waals surface area contributed by atoms with Crippen molar-refractivity contribution in [1.82, 2.24) is 14.5 Å². The van der Waals surface area contributed by atoms with Crippen LogP contribution >= 0.6 is 0 Å². The van der Waals surface area contributed by atoms with Gasteiger partial charge in [0.2, 0.25) is 0 Å². The smallest absolute Gasteiger partial charge is 0.263 e. The minimum atomic E-state index is -0.315. The van der Waals surface area contributed by atoms with E-state index in [1.807, 2.05) is 38.2 Å². The number of para-hydroxylation sites is 1. The van der Waals surface area contributed by atoms with E-state index in [0.717, 1.165) is 30.7 Å². The molecule has 29 heavy (non-hydrogen) atoms. The molecular formula is C23H27N3O3. The predicted molar refractivity (Wildman–Crippen MR) is 113 cm³/mol. The number of aromatic nitrogens is 2. The number of hydrogen-bond donors (Lipinski definition) is 1. The Kier molecular flexibility index (Phi) is 5.53. The van der Waals surface area contributed by atoms with Gasteiger partial charge in [0.1, 0.15) is 5.56 Å². The Labute approximate surface area is 170 Å². The lowest BCUT2D eigenvalue weighted by Gasteiger charge is -2.17. The van der Waals surface area contributed by atoms with Crippen LogP contribution in [0, 0.1) is 13.8 Å².